The van der Waals surface area contributed by atoms with Crippen molar-refractivity contribution in [2.75, 3.05) is 5.32 Å². The highest BCUT2D eigenvalue weighted by Crippen LogP contribution is 2.24. The second kappa shape index (κ2) is 5.37. The molecular weight excluding hydrogens is 254 g/mol. The molecule has 4 N–H and O–H groups in total. The molecule has 0 saturated carbocycles. The number of hydrogen-bond acceptors (Lipinski definition) is 4. The lowest BCUT2D eigenvalue weighted by molar-refractivity contribution is -0.138. The van der Waals surface area contributed by atoms with E-state index in [1.54, 1.807) is 6.07 Å². The number of nitrogens with zero attached hydrogens (tertiary/aromatic N) is 1. The lowest BCUT2D eigenvalue weighted by atomic mass is 10.1. The highest BCUT2D eigenvalue weighted by molar-refractivity contribution is 6.30. The minimum absolute atomic E-state index is 0.365. The molecule has 0 saturated heterocycles. The van der Waals surface area contributed by atoms with Crippen molar-refractivity contribution in [1.29, 1.82) is 0 Å². The number of benzene rings is 1. The molecule has 5 nitrogen and oxygen atoms in total. The van der Waals surface area contributed by atoms with Gasteiger partial charge in [-0.2, -0.15) is 0 Å². The van der Waals surface area contributed by atoms with E-state index < -0.39 is 12.0 Å². The van der Waals surface area contributed by atoms with E-state index in [4.69, 9.17) is 22.4 Å². The summed E-state index contributed by atoms with van der Waals surface area (Å²) in [4.78, 5) is 14.9. The average Bonchev–Trinajstić information content (AvgIpc) is 2.35. The van der Waals surface area contributed by atoms with Crippen LogP contribution in [-0.4, -0.2) is 23.0 Å². The van der Waals surface area contributed by atoms with Crippen molar-refractivity contribution in [3.63, 3.8) is 0 Å². The smallest absolute Gasteiger partial charge is 0.320 e. The monoisotopic (exact) mass is 267 g/mol. The van der Waals surface area contributed by atoms with Crippen molar-refractivity contribution < 1.29 is 9.90 Å². The fourth-order valence-electron chi connectivity index (χ4n) is 1.75. The molecule has 1 atom stereocenters. The first kappa shape index (κ1) is 12.9. The number of amidine groups is 1. The van der Waals surface area contributed by atoms with Crippen LogP contribution >= 0.6 is 11.6 Å². The minimum Gasteiger partial charge on any atom is -0.480 e. The fraction of sp³-hybridized carbons (Fsp3) is 0.333. The van der Waals surface area contributed by atoms with Crippen molar-refractivity contribution in [3.05, 3.63) is 28.8 Å². The molecule has 1 unspecified atom stereocenters. The quantitative estimate of drug-likeness (QED) is 0.777. The third-order valence-corrected chi connectivity index (χ3v) is 3.03. The van der Waals surface area contributed by atoms with E-state index in [0.29, 0.717) is 24.4 Å². The Labute approximate surface area is 110 Å². The summed E-state index contributed by atoms with van der Waals surface area (Å²) >= 11 is 5.89. The van der Waals surface area contributed by atoms with Gasteiger partial charge in [-0.25, -0.2) is 0 Å². The van der Waals surface area contributed by atoms with Gasteiger partial charge < -0.3 is 16.2 Å². The molecule has 1 aromatic rings. The molecular formula is C12H14ClN3O2. The lowest BCUT2D eigenvalue weighted by Gasteiger charge is -2.19. The first-order valence-electron chi connectivity index (χ1n) is 5.63. The number of aliphatic imine (C=N–C) groups is 1. The van der Waals surface area contributed by atoms with Gasteiger partial charge in [-0.3, -0.25) is 9.79 Å². The van der Waals surface area contributed by atoms with Crippen LogP contribution in [0.4, 0.5) is 5.69 Å². The van der Waals surface area contributed by atoms with Crippen LogP contribution in [0.3, 0.4) is 0 Å². The SMILES string of the molecule is NC(CCC1=NCc2cc(Cl)ccc2N1)C(=O)O. The molecule has 1 aliphatic heterocycles. The molecule has 0 radical (unpaired) electrons. The number of carboxylic acid groups (broad SMARTS) is 1. The Morgan fingerprint density at radius 3 is 3.11 bits per heavy atom. The summed E-state index contributed by atoms with van der Waals surface area (Å²) in [5, 5.41) is 12.5. The fourth-order valence-corrected chi connectivity index (χ4v) is 1.94. The van der Waals surface area contributed by atoms with Gasteiger partial charge in [0.05, 0.1) is 6.54 Å². The van der Waals surface area contributed by atoms with Crippen molar-refractivity contribution in [2.45, 2.75) is 25.4 Å². The number of nitrogens with one attached hydrogen (secondary N) is 1. The Bertz CT molecular complexity index is 502. The number of carboxylic acids is 1. The van der Waals surface area contributed by atoms with Crippen LogP contribution in [0, 0.1) is 0 Å². The van der Waals surface area contributed by atoms with Gasteiger partial charge in [0.25, 0.3) is 0 Å². The third kappa shape index (κ3) is 3.00. The molecule has 6 heteroatoms. The summed E-state index contributed by atoms with van der Waals surface area (Å²) in [5.74, 6) is -0.222. The Kier molecular flexibility index (Phi) is 3.84. The Hall–Kier alpha value is -1.59. The highest BCUT2D eigenvalue weighted by atomic mass is 35.5. The van der Waals surface area contributed by atoms with Crippen LogP contribution in [-0.2, 0) is 11.3 Å². The van der Waals surface area contributed by atoms with E-state index in [0.717, 1.165) is 17.1 Å². The molecule has 0 spiro atoms. The van der Waals surface area contributed by atoms with Crippen LogP contribution in [0.5, 0.6) is 0 Å². The van der Waals surface area contributed by atoms with Gasteiger partial charge in [0, 0.05) is 17.1 Å². The number of nitrogens with two attached hydrogens (primary N) is 1. The van der Waals surface area contributed by atoms with E-state index in [1.807, 2.05) is 12.1 Å². The molecule has 0 fully saturated rings. The number of rotatable bonds is 4. The van der Waals surface area contributed by atoms with Gasteiger partial charge in [0.2, 0.25) is 0 Å². The third-order valence-electron chi connectivity index (χ3n) is 2.80. The first-order chi connectivity index (χ1) is 8.56. The molecule has 0 bridgehead atoms. The Morgan fingerprint density at radius 2 is 2.39 bits per heavy atom. The molecule has 1 heterocycles. The van der Waals surface area contributed by atoms with Gasteiger partial charge >= 0.3 is 5.97 Å². The van der Waals surface area contributed by atoms with E-state index in [-0.39, 0.29) is 0 Å². The second-order valence-electron chi connectivity index (χ2n) is 4.17. The minimum atomic E-state index is -0.987. The molecule has 96 valence electrons. The van der Waals surface area contributed by atoms with Gasteiger partial charge in [-0.05, 0) is 30.2 Å². The zero-order valence-corrected chi connectivity index (χ0v) is 10.4. The molecule has 0 aliphatic carbocycles. The van der Waals surface area contributed by atoms with Crippen molar-refractivity contribution in [2.24, 2.45) is 10.7 Å². The van der Waals surface area contributed by atoms with Crippen LogP contribution in [0.15, 0.2) is 23.2 Å². The molecule has 1 aromatic carbocycles. The standard InChI is InChI=1S/C12H14ClN3O2/c13-8-1-3-10-7(5-8)6-15-11(16-10)4-2-9(14)12(17)18/h1,3,5,9H,2,4,6,14H2,(H,15,16)(H,17,18). The Balaban J connectivity index is 1.97. The topological polar surface area (TPSA) is 87.7 Å². The summed E-state index contributed by atoms with van der Waals surface area (Å²) in [6.07, 6.45) is 0.889. The van der Waals surface area contributed by atoms with Crippen LogP contribution in [0.25, 0.3) is 0 Å². The molecule has 18 heavy (non-hydrogen) atoms. The van der Waals surface area contributed by atoms with Gasteiger partial charge in [-0.1, -0.05) is 11.6 Å². The maximum Gasteiger partial charge on any atom is 0.320 e. The zero-order chi connectivity index (χ0) is 13.1. The number of carbonyl (C=O) groups is 1. The highest BCUT2D eigenvalue weighted by Gasteiger charge is 2.15. The number of halogens is 1. The zero-order valence-electron chi connectivity index (χ0n) is 9.69. The maximum absolute atomic E-state index is 10.6. The van der Waals surface area contributed by atoms with E-state index in [1.165, 1.54) is 0 Å². The van der Waals surface area contributed by atoms with Crippen LogP contribution < -0.4 is 11.1 Å². The lowest BCUT2D eigenvalue weighted by Crippen LogP contribution is -2.31. The van der Waals surface area contributed by atoms with Gasteiger partial charge in [0.1, 0.15) is 11.9 Å². The van der Waals surface area contributed by atoms with E-state index in [2.05, 4.69) is 10.3 Å². The summed E-state index contributed by atoms with van der Waals surface area (Å²) < 4.78 is 0. The summed E-state index contributed by atoms with van der Waals surface area (Å²) in [7, 11) is 0. The maximum atomic E-state index is 10.6. The van der Waals surface area contributed by atoms with Gasteiger partial charge in [0.15, 0.2) is 0 Å². The summed E-state index contributed by atoms with van der Waals surface area (Å²) in [6, 6.07) is 4.72. The normalized spacial score (nSPS) is 15.3. The molecule has 1 aliphatic rings. The van der Waals surface area contributed by atoms with Crippen molar-refractivity contribution in [1.82, 2.24) is 0 Å². The number of fused-ring (bicyclic) bond motifs is 1. The molecule has 2 rings (SSSR count). The number of anilines is 1. The Morgan fingerprint density at radius 1 is 1.61 bits per heavy atom. The predicted molar refractivity (Wildman–Crippen MR) is 71.1 cm³/mol. The van der Waals surface area contributed by atoms with E-state index in [9.17, 15) is 4.79 Å². The molecule has 0 amide bonds. The largest absolute Gasteiger partial charge is 0.480 e. The van der Waals surface area contributed by atoms with Crippen molar-refractivity contribution in [3.8, 4) is 0 Å². The van der Waals surface area contributed by atoms with Crippen LogP contribution in [0.2, 0.25) is 5.02 Å². The predicted octanol–water partition coefficient (Wildman–Crippen LogP) is 1.86. The summed E-state index contributed by atoms with van der Waals surface area (Å²) in [6.45, 7) is 0.556. The van der Waals surface area contributed by atoms with Crippen molar-refractivity contribution >= 4 is 29.1 Å². The average molecular weight is 268 g/mol. The first-order valence-corrected chi connectivity index (χ1v) is 6.01. The van der Waals surface area contributed by atoms with Crippen LogP contribution in [0.1, 0.15) is 18.4 Å². The summed E-state index contributed by atoms with van der Waals surface area (Å²) in [5.41, 5.74) is 7.45. The second-order valence-corrected chi connectivity index (χ2v) is 4.61. The molecule has 0 aromatic heterocycles. The number of aliphatic carboxylic acids is 1. The van der Waals surface area contributed by atoms with E-state index >= 15 is 0 Å². The number of hydrogen-bond donors (Lipinski definition) is 3. The van der Waals surface area contributed by atoms with Gasteiger partial charge in [-0.15, -0.1) is 0 Å².